The SMILES string of the molecule is CCCC1CCN(C(=O)CC2CCCCC2N)CC1. The highest BCUT2D eigenvalue weighted by Crippen LogP contribution is 2.28. The second-order valence-corrected chi connectivity index (χ2v) is 6.53. The second-order valence-electron chi connectivity index (χ2n) is 6.53. The van der Waals surface area contributed by atoms with E-state index < -0.39 is 0 Å². The first-order valence-corrected chi connectivity index (χ1v) is 8.24. The van der Waals surface area contributed by atoms with Gasteiger partial charge in [0.25, 0.3) is 0 Å². The van der Waals surface area contributed by atoms with E-state index in [-0.39, 0.29) is 6.04 Å². The summed E-state index contributed by atoms with van der Waals surface area (Å²) in [5, 5.41) is 0. The molecule has 1 aliphatic carbocycles. The van der Waals surface area contributed by atoms with Crippen LogP contribution in [-0.4, -0.2) is 29.9 Å². The summed E-state index contributed by atoms with van der Waals surface area (Å²) in [5.41, 5.74) is 6.15. The molecule has 19 heavy (non-hydrogen) atoms. The van der Waals surface area contributed by atoms with Crippen molar-refractivity contribution < 1.29 is 4.79 Å². The van der Waals surface area contributed by atoms with Gasteiger partial charge in [0, 0.05) is 25.6 Å². The Kier molecular flexibility index (Phi) is 5.68. The van der Waals surface area contributed by atoms with Crippen LogP contribution in [-0.2, 0) is 4.79 Å². The Labute approximate surface area is 117 Å². The van der Waals surface area contributed by atoms with Gasteiger partial charge >= 0.3 is 0 Å². The summed E-state index contributed by atoms with van der Waals surface area (Å²) in [6.45, 7) is 4.21. The van der Waals surface area contributed by atoms with Crippen molar-refractivity contribution in [1.82, 2.24) is 4.90 Å². The molecule has 2 atom stereocenters. The van der Waals surface area contributed by atoms with E-state index in [2.05, 4.69) is 11.8 Å². The Bertz CT molecular complexity index is 284. The Hall–Kier alpha value is -0.570. The minimum absolute atomic E-state index is 0.260. The second kappa shape index (κ2) is 7.28. The average Bonchev–Trinajstić information content (AvgIpc) is 2.42. The molecule has 0 radical (unpaired) electrons. The summed E-state index contributed by atoms with van der Waals surface area (Å²) in [6.07, 6.45) is 10.5. The van der Waals surface area contributed by atoms with Crippen molar-refractivity contribution in [2.24, 2.45) is 17.6 Å². The third kappa shape index (κ3) is 4.20. The van der Waals surface area contributed by atoms with Gasteiger partial charge in [-0.2, -0.15) is 0 Å². The fraction of sp³-hybridized carbons (Fsp3) is 0.938. The van der Waals surface area contributed by atoms with E-state index in [4.69, 9.17) is 5.73 Å². The van der Waals surface area contributed by atoms with Gasteiger partial charge in [-0.15, -0.1) is 0 Å². The molecule has 2 aliphatic rings. The molecular formula is C16H30N2O. The normalized spacial score (nSPS) is 29.5. The topological polar surface area (TPSA) is 46.3 Å². The molecule has 3 heteroatoms. The largest absolute Gasteiger partial charge is 0.343 e. The van der Waals surface area contributed by atoms with Crippen molar-refractivity contribution in [3.05, 3.63) is 0 Å². The molecule has 1 heterocycles. The van der Waals surface area contributed by atoms with Gasteiger partial charge in [0.2, 0.25) is 5.91 Å². The molecule has 2 rings (SSSR count). The number of amides is 1. The Balaban J connectivity index is 1.74. The molecule has 0 aromatic carbocycles. The van der Waals surface area contributed by atoms with Gasteiger partial charge in [0.15, 0.2) is 0 Å². The quantitative estimate of drug-likeness (QED) is 0.850. The number of nitrogens with two attached hydrogens (primary N) is 1. The number of likely N-dealkylation sites (tertiary alicyclic amines) is 1. The molecule has 2 fully saturated rings. The predicted octanol–water partition coefficient (Wildman–Crippen LogP) is 2.93. The number of piperidine rings is 1. The van der Waals surface area contributed by atoms with Crippen LogP contribution in [0.5, 0.6) is 0 Å². The number of nitrogens with zero attached hydrogens (tertiary/aromatic N) is 1. The highest BCUT2D eigenvalue weighted by Gasteiger charge is 2.28. The van der Waals surface area contributed by atoms with E-state index in [1.807, 2.05) is 0 Å². The number of hydrogen-bond acceptors (Lipinski definition) is 2. The maximum Gasteiger partial charge on any atom is 0.222 e. The molecule has 0 spiro atoms. The van der Waals surface area contributed by atoms with E-state index in [0.29, 0.717) is 18.2 Å². The third-order valence-corrected chi connectivity index (χ3v) is 5.07. The zero-order valence-corrected chi connectivity index (χ0v) is 12.4. The summed E-state index contributed by atoms with van der Waals surface area (Å²) >= 11 is 0. The van der Waals surface area contributed by atoms with Crippen molar-refractivity contribution >= 4 is 5.91 Å². The van der Waals surface area contributed by atoms with E-state index >= 15 is 0 Å². The number of hydrogen-bond donors (Lipinski definition) is 1. The Morgan fingerprint density at radius 2 is 1.84 bits per heavy atom. The first-order valence-electron chi connectivity index (χ1n) is 8.24. The zero-order valence-electron chi connectivity index (χ0n) is 12.4. The van der Waals surface area contributed by atoms with Crippen molar-refractivity contribution in [2.45, 2.75) is 70.8 Å². The van der Waals surface area contributed by atoms with Gasteiger partial charge in [0.05, 0.1) is 0 Å². The lowest BCUT2D eigenvalue weighted by atomic mass is 9.82. The van der Waals surface area contributed by atoms with Gasteiger partial charge in [-0.1, -0.05) is 32.6 Å². The summed E-state index contributed by atoms with van der Waals surface area (Å²) in [4.78, 5) is 14.4. The van der Waals surface area contributed by atoms with Crippen LogP contribution in [0.1, 0.15) is 64.7 Å². The van der Waals surface area contributed by atoms with Crippen molar-refractivity contribution in [1.29, 1.82) is 0 Å². The van der Waals surface area contributed by atoms with Crippen LogP contribution < -0.4 is 5.73 Å². The molecule has 0 bridgehead atoms. The molecule has 1 amide bonds. The summed E-state index contributed by atoms with van der Waals surface area (Å²) in [5.74, 6) is 1.65. The maximum absolute atomic E-state index is 12.3. The first-order chi connectivity index (χ1) is 9.20. The molecule has 2 unspecified atom stereocenters. The summed E-state index contributed by atoms with van der Waals surface area (Å²) in [6, 6.07) is 0.260. The van der Waals surface area contributed by atoms with Crippen LogP contribution in [0.15, 0.2) is 0 Å². The number of rotatable bonds is 4. The van der Waals surface area contributed by atoms with E-state index in [1.54, 1.807) is 0 Å². The third-order valence-electron chi connectivity index (χ3n) is 5.07. The minimum Gasteiger partial charge on any atom is -0.343 e. The van der Waals surface area contributed by atoms with Crippen LogP contribution >= 0.6 is 0 Å². The molecule has 1 saturated carbocycles. The van der Waals surface area contributed by atoms with Crippen LogP contribution in [0.4, 0.5) is 0 Å². The molecule has 0 aromatic heterocycles. The lowest BCUT2D eigenvalue weighted by Crippen LogP contribution is -2.42. The van der Waals surface area contributed by atoms with Gasteiger partial charge in [-0.05, 0) is 37.5 Å². The monoisotopic (exact) mass is 266 g/mol. The molecule has 1 aliphatic heterocycles. The van der Waals surface area contributed by atoms with Crippen molar-refractivity contribution in [2.75, 3.05) is 13.1 Å². The lowest BCUT2D eigenvalue weighted by Gasteiger charge is -2.34. The van der Waals surface area contributed by atoms with Crippen LogP contribution in [0.25, 0.3) is 0 Å². The van der Waals surface area contributed by atoms with Gasteiger partial charge in [0.1, 0.15) is 0 Å². The predicted molar refractivity (Wildman–Crippen MR) is 78.8 cm³/mol. The highest BCUT2D eigenvalue weighted by molar-refractivity contribution is 5.76. The highest BCUT2D eigenvalue weighted by atomic mass is 16.2. The van der Waals surface area contributed by atoms with Gasteiger partial charge in [-0.3, -0.25) is 4.79 Å². The maximum atomic E-state index is 12.3. The fourth-order valence-electron chi connectivity index (χ4n) is 3.72. The van der Waals surface area contributed by atoms with E-state index in [9.17, 15) is 4.79 Å². The van der Waals surface area contributed by atoms with Gasteiger partial charge < -0.3 is 10.6 Å². The Morgan fingerprint density at radius 1 is 1.16 bits per heavy atom. The fourth-order valence-corrected chi connectivity index (χ4v) is 3.72. The standard InChI is InChI=1S/C16H30N2O/c1-2-5-13-8-10-18(11-9-13)16(19)12-14-6-3-4-7-15(14)17/h13-15H,2-12,17H2,1H3. The zero-order chi connectivity index (χ0) is 13.7. The first kappa shape index (κ1) is 14.8. The average molecular weight is 266 g/mol. The van der Waals surface area contributed by atoms with Crippen LogP contribution in [0, 0.1) is 11.8 Å². The number of carbonyl (C=O) groups is 1. The van der Waals surface area contributed by atoms with E-state index in [0.717, 1.165) is 31.8 Å². The molecule has 1 saturated heterocycles. The molecular weight excluding hydrogens is 236 g/mol. The van der Waals surface area contributed by atoms with Crippen molar-refractivity contribution in [3.63, 3.8) is 0 Å². The van der Waals surface area contributed by atoms with E-state index in [1.165, 1.54) is 38.5 Å². The number of carbonyl (C=O) groups excluding carboxylic acids is 1. The molecule has 0 aromatic rings. The summed E-state index contributed by atoms with van der Waals surface area (Å²) in [7, 11) is 0. The molecule has 2 N–H and O–H groups in total. The van der Waals surface area contributed by atoms with Gasteiger partial charge in [-0.25, -0.2) is 0 Å². The van der Waals surface area contributed by atoms with Crippen LogP contribution in [0.2, 0.25) is 0 Å². The smallest absolute Gasteiger partial charge is 0.222 e. The molecule has 3 nitrogen and oxygen atoms in total. The lowest BCUT2D eigenvalue weighted by molar-refractivity contribution is -0.134. The molecule has 110 valence electrons. The summed E-state index contributed by atoms with van der Waals surface area (Å²) < 4.78 is 0. The minimum atomic E-state index is 0.260. The Morgan fingerprint density at radius 3 is 2.47 bits per heavy atom. The van der Waals surface area contributed by atoms with Crippen molar-refractivity contribution in [3.8, 4) is 0 Å². The van der Waals surface area contributed by atoms with Crippen LogP contribution in [0.3, 0.4) is 0 Å².